The number of benzene rings is 2. The van der Waals surface area contributed by atoms with Crippen molar-refractivity contribution in [2.75, 3.05) is 5.73 Å². The highest BCUT2D eigenvalue weighted by atomic mass is 127. The Balaban J connectivity index is 2.31. The van der Waals surface area contributed by atoms with E-state index in [2.05, 4.69) is 44.3 Å². The van der Waals surface area contributed by atoms with Gasteiger partial charge in [0.15, 0.2) is 0 Å². The van der Waals surface area contributed by atoms with E-state index in [0.29, 0.717) is 0 Å². The molecule has 3 aromatic rings. The monoisotopic (exact) mass is 349 g/mol. The highest BCUT2D eigenvalue weighted by molar-refractivity contribution is 14.1. The molecule has 0 saturated heterocycles. The van der Waals surface area contributed by atoms with Crippen LogP contribution in [0, 0.1) is 3.57 Å². The summed E-state index contributed by atoms with van der Waals surface area (Å²) in [5.74, 6) is 0.973. The van der Waals surface area contributed by atoms with Crippen LogP contribution in [0.4, 0.5) is 5.69 Å². The topological polar surface area (TPSA) is 43.8 Å². The molecular formula is C14H12IN3. The number of hydrogen-bond acceptors (Lipinski definition) is 2. The lowest BCUT2D eigenvalue weighted by molar-refractivity contribution is 0.958. The van der Waals surface area contributed by atoms with E-state index in [1.165, 1.54) is 3.57 Å². The smallest absolute Gasteiger partial charge is 0.141 e. The summed E-state index contributed by atoms with van der Waals surface area (Å²) in [7, 11) is 2.02. The number of nitrogens with two attached hydrogens (primary N) is 1. The van der Waals surface area contributed by atoms with Gasteiger partial charge in [0.25, 0.3) is 0 Å². The van der Waals surface area contributed by atoms with E-state index in [1.807, 2.05) is 37.4 Å². The number of nitrogens with zero attached hydrogens (tertiary/aromatic N) is 2. The molecule has 0 aliphatic heterocycles. The van der Waals surface area contributed by atoms with Crippen LogP contribution in [0.1, 0.15) is 0 Å². The molecule has 1 aromatic heterocycles. The van der Waals surface area contributed by atoms with Crippen molar-refractivity contribution in [1.29, 1.82) is 0 Å². The van der Waals surface area contributed by atoms with Gasteiger partial charge in [0.2, 0.25) is 0 Å². The first-order chi connectivity index (χ1) is 8.66. The van der Waals surface area contributed by atoms with Gasteiger partial charge in [-0.1, -0.05) is 18.2 Å². The lowest BCUT2D eigenvalue weighted by Gasteiger charge is -2.04. The summed E-state index contributed by atoms with van der Waals surface area (Å²) in [6, 6.07) is 14.0. The molecule has 4 heteroatoms. The van der Waals surface area contributed by atoms with Gasteiger partial charge in [-0.3, -0.25) is 0 Å². The second kappa shape index (κ2) is 4.28. The molecule has 0 unspecified atom stereocenters. The first-order valence-corrected chi connectivity index (χ1v) is 6.71. The molecule has 0 aliphatic rings. The maximum absolute atomic E-state index is 5.83. The third kappa shape index (κ3) is 1.77. The van der Waals surface area contributed by atoms with Gasteiger partial charge in [-0.15, -0.1) is 0 Å². The molecule has 0 bridgehead atoms. The minimum Gasteiger partial charge on any atom is -0.399 e. The zero-order valence-electron chi connectivity index (χ0n) is 9.89. The van der Waals surface area contributed by atoms with Gasteiger partial charge >= 0.3 is 0 Å². The molecule has 0 atom stereocenters. The van der Waals surface area contributed by atoms with Crippen LogP contribution in [0.15, 0.2) is 42.5 Å². The minimum absolute atomic E-state index is 0.764. The van der Waals surface area contributed by atoms with Gasteiger partial charge in [0.1, 0.15) is 5.82 Å². The van der Waals surface area contributed by atoms with Gasteiger partial charge < -0.3 is 10.3 Å². The Bertz CT molecular complexity index is 731. The molecule has 0 fully saturated rings. The first kappa shape index (κ1) is 11.5. The van der Waals surface area contributed by atoms with Crippen molar-refractivity contribution < 1.29 is 0 Å². The number of aromatic nitrogens is 2. The fourth-order valence-electron chi connectivity index (χ4n) is 2.09. The molecular weight excluding hydrogens is 337 g/mol. The number of halogens is 1. The molecule has 3 nitrogen and oxygen atoms in total. The molecule has 0 radical (unpaired) electrons. The Labute approximate surface area is 119 Å². The van der Waals surface area contributed by atoms with Crippen molar-refractivity contribution in [3.05, 3.63) is 46.0 Å². The van der Waals surface area contributed by atoms with Gasteiger partial charge in [0, 0.05) is 21.9 Å². The summed E-state index contributed by atoms with van der Waals surface area (Å²) in [5, 5.41) is 0. The van der Waals surface area contributed by atoms with Gasteiger partial charge in [-0.2, -0.15) is 0 Å². The predicted molar refractivity (Wildman–Crippen MR) is 83.3 cm³/mol. The van der Waals surface area contributed by atoms with E-state index in [1.54, 1.807) is 0 Å². The zero-order chi connectivity index (χ0) is 12.7. The second-order valence-corrected chi connectivity index (χ2v) is 5.38. The average Bonchev–Trinajstić information content (AvgIpc) is 2.68. The maximum atomic E-state index is 5.83. The number of nitrogen functional groups attached to an aromatic ring is 1. The highest BCUT2D eigenvalue weighted by Crippen LogP contribution is 2.28. The molecule has 90 valence electrons. The molecule has 2 aromatic carbocycles. The van der Waals surface area contributed by atoms with Crippen LogP contribution in [0.5, 0.6) is 0 Å². The largest absolute Gasteiger partial charge is 0.399 e. The van der Waals surface area contributed by atoms with Crippen LogP contribution in [0.25, 0.3) is 22.4 Å². The summed E-state index contributed by atoms with van der Waals surface area (Å²) < 4.78 is 3.28. The lowest BCUT2D eigenvalue weighted by atomic mass is 10.2. The van der Waals surface area contributed by atoms with Crippen LogP contribution >= 0.6 is 22.6 Å². The average molecular weight is 349 g/mol. The predicted octanol–water partition coefficient (Wildman–Crippen LogP) is 3.43. The normalized spacial score (nSPS) is 11.0. The van der Waals surface area contributed by atoms with E-state index in [0.717, 1.165) is 28.1 Å². The van der Waals surface area contributed by atoms with E-state index in [-0.39, 0.29) is 0 Å². The van der Waals surface area contributed by atoms with Crippen molar-refractivity contribution in [2.24, 2.45) is 7.05 Å². The molecule has 0 spiro atoms. The highest BCUT2D eigenvalue weighted by Gasteiger charge is 2.11. The third-order valence-electron chi connectivity index (χ3n) is 3.02. The van der Waals surface area contributed by atoms with E-state index >= 15 is 0 Å². The molecule has 2 N–H and O–H groups in total. The van der Waals surface area contributed by atoms with Crippen molar-refractivity contribution in [3.8, 4) is 11.4 Å². The maximum Gasteiger partial charge on any atom is 0.141 e. The number of fused-ring (bicyclic) bond motifs is 1. The lowest BCUT2D eigenvalue weighted by Crippen LogP contribution is -1.94. The third-order valence-corrected chi connectivity index (χ3v) is 3.96. The number of imidazole rings is 1. The van der Waals surface area contributed by atoms with Crippen molar-refractivity contribution >= 4 is 39.3 Å². The Kier molecular flexibility index (Phi) is 2.74. The summed E-state index contributed by atoms with van der Waals surface area (Å²) in [6.45, 7) is 0. The molecule has 0 aliphatic carbocycles. The standard InChI is InChI=1S/C14H12IN3/c1-18-13-8-9(16)6-7-12(13)17-14(18)10-4-2-3-5-11(10)15/h2-8H,16H2,1H3. The molecule has 0 amide bonds. The van der Waals surface area contributed by atoms with Crippen molar-refractivity contribution in [3.63, 3.8) is 0 Å². The van der Waals surface area contributed by atoms with E-state index < -0.39 is 0 Å². The number of hydrogen-bond donors (Lipinski definition) is 1. The fraction of sp³-hybridized carbons (Fsp3) is 0.0714. The summed E-state index contributed by atoms with van der Waals surface area (Å²) in [6.07, 6.45) is 0. The second-order valence-electron chi connectivity index (χ2n) is 4.22. The molecule has 18 heavy (non-hydrogen) atoms. The summed E-state index contributed by atoms with van der Waals surface area (Å²) >= 11 is 2.33. The van der Waals surface area contributed by atoms with Crippen molar-refractivity contribution in [2.45, 2.75) is 0 Å². The molecule has 1 heterocycles. The Hall–Kier alpha value is -1.56. The van der Waals surface area contributed by atoms with Gasteiger partial charge in [-0.25, -0.2) is 4.98 Å². The summed E-state index contributed by atoms with van der Waals surface area (Å²) in [5.41, 5.74) is 9.77. The van der Waals surface area contributed by atoms with E-state index in [9.17, 15) is 0 Å². The van der Waals surface area contributed by atoms with Crippen LogP contribution < -0.4 is 5.73 Å². The van der Waals surface area contributed by atoms with Gasteiger partial charge in [-0.05, 0) is 46.9 Å². The Morgan fingerprint density at radius 3 is 2.72 bits per heavy atom. The zero-order valence-corrected chi connectivity index (χ0v) is 12.0. The van der Waals surface area contributed by atoms with Crippen LogP contribution in [-0.2, 0) is 7.05 Å². The van der Waals surface area contributed by atoms with Crippen LogP contribution in [0.3, 0.4) is 0 Å². The van der Waals surface area contributed by atoms with Crippen LogP contribution in [-0.4, -0.2) is 9.55 Å². The van der Waals surface area contributed by atoms with Crippen molar-refractivity contribution in [1.82, 2.24) is 9.55 Å². The number of aryl methyl sites for hydroxylation is 1. The van der Waals surface area contributed by atoms with Crippen LogP contribution in [0.2, 0.25) is 0 Å². The summed E-state index contributed by atoms with van der Waals surface area (Å²) in [4.78, 5) is 4.69. The first-order valence-electron chi connectivity index (χ1n) is 5.63. The molecule has 0 saturated carbocycles. The SMILES string of the molecule is Cn1c(-c2ccccc2I)nc2ccc(N)cc21. The quantitative estimate of drug-likeness (QED) is 0.540. The van der Waals surface area contributed by atoms with E-state index in [4.69, 9.17) is 5.73 Å². The Morgan fingerprint density at radius 2 is 1.94 bits per heavy atom. The fourth-order valence-corrected chi connectivity index (χ4v) is 2.72. The number of anilines is 1. The molecule has 3 rings (SSSR count). The minimum atomic E-state index is 0.764. The Morgan fingerprint density at radius 1 is 1.17 bits per heavy atom. The number of rotatable bonds is 1. The van der Waals surface area contributed by atoms with Gasteiger partial charge in [0.05, 0.1) is 11.0 Å².